The van der Waals surface area contributed by atoms with E-state index < -0.39 is 0 Å². The Balaban J connectivity index is 1.62. The number of hydrogen-bond donors (Lipinski definition) is 1. The van der Waals surface area contributed by atoms with Crippen LogP contribution < -0.4 is 19.9 Å². The van der Waals surface area contributed by atoms with Crippen molar-refractivity contribution in [2.45, 2.75) is 12.5 Å². The molecule has 154 valence electrons. The highest BCUT2D eigenvalue weighted by molar-refractivity contribution is 5.82. The molecule has 1 saturated heterocycles. The summed E-state index contributed by atoms with van der Waals surface area (Å²) < 4.78 is 10.6. The topological polar surface area (TPSA) is 54.0 Å². The van der Waals surface area contributed by atoms with Crippen LogP contribution in [-0.4, -0.2) is 59.0 Å². The summed E-state index contributed by atoms with van der Waals surface area (Å²) in [5.41, 5.74) is 3.62. The Hall–Kier alpha value is -2.73. The molecule has 0 spiro atoms. The van der Waals surface area contributed by atoms with Gasteiger partial charge in [0, 0.05) is 50.7 Å². The van der Waals surface area contributed by atoms with E-state index in [2.05, 4.69) is 51.5 Å². The van der Waals surface area contributed by atoms with Crippen LogP contribution in [0.25, 0.3) is 0 Å². The number of methoxy groups -OCH3 is 2. The molecule has 0 radical (unpaired) electrons. The molecule has 2 aromatic rings. The number of piperazine rings is 1. The molecule has 2 aliphatic heterocycles. The van der Waals surface area contributed by atoms with Crippen LogP contribution in [0.5, 0.6) is 5.75 Å². The van der Waals surface area contributed by atoms with Crippen molar-refractivity contribution in [1.29, 1.82) is 0 Å². The highest BCUT2D eigenvalue weighted by atomic mass is 16.5. The van der Waals surface area contributed by atoms with Gasteiger partial charge < -0.3 is 24.6 Å². The van der Waals surface area contributed by atoms with Gasteiger partial charge in [0.1, 0.15) is 5.75 Å². The average Bonchev–Trinajstić information content (AvgIpc) is 2.78. The molecule has 0 aliphatic carbocycles. The summed E-state index contributed by atoms with van der Waals surface area (Å²) in [7, 11) is 3.35. The molecule has 0 bridgehead atoms. The van der Waals surface area contributed by atoms with Crippen LogP contribution in [0.4, 0.5) is 11.4 Å². The molecule has 29 heavy (non-hydrogen) atoms. The van der Waals surface area contributed by atoms with Gasteiger partial charge in [0.2, 0.25) is 5.91 Å². The maximum Gasteiger partial charge on any atom is 0.225 e. The number of hydrogen-bond acceptors (Lipinski definition) is 5. The zero-order chi connectivity index (χ0) is 20.2. The molecule has 4 rings (SSSR count). The maximum absolute atomic E-state index is 13.1. The fourth-order valence-electron chi connectivity index (χ4n) is 4.49. The third-order valence-electron chi connectivity index (χ3n) is 5.99. The molecule has 0 aromatic heterocycles. The summed E-state index contributed by atoms with van der Waals surface area (Å²) >= 11 is 0. The molecule has 0 saturated carbocycles. The predicted molar refractivity (Wildman–Crippen MR) is 115 cm³/mol. The van der Waals surface area contributed by atoms with E-state index in [1.165, 1.54) is 16.9 Å². The molecule has 6 heteroatoms. The number of anilines is 2. The summed E-state index contributed by atoms with van der Waals surface area (Å²) in [4.78, 5) is 17.9. The number of para-hydroxylation sites is 1. The largest absolute Gasteiger partial charge is 0.497 e. The quantitative estimate of drug-likeness (QED) is 0.761. The van der Waals surface area contributed by atoms with Gasteiger partial charge in [0.25, 0.3) is 0 Å². The van der Waals surface area contributed by atoms with E-state index >= 15 is 0 Å². The highest BCUT2D eigenvalue weighted by Crippen LogP contribution is 2.38. The molecule has 0 unspecified atom stereocenters. The first-order chi connectivity index (χ1) is 14.2. The first-order valence-corrected chi connectivity index (χ1v) is 10.2. The van der Waals surface area contributed by atoms with E-state index in [0.717, 1.165) is 31.8 Å². The molecular formula is C23H29N3O3. The van der Waals surface area contributed by atoms with E-state index in [-0.39, 0.29) is 17.9 Å². The molecular weight excluding hydrogens is 366 g/mol. The summed E-state index contributed by atoms with van der Waals surface area (Å²) in [6, 6.07) is 16.8. The van der Waals surface area contributed by atoms with Crippen molar-refractivity contribution in [2.24, 2.45) is 5.92 Å². The Labute approximate surface area is 172 Å². The van der Waals surface area contributed by atoms with Gasteiger partial charge in [0.15, 0.2) is 0 Å². The average molecular weight is 396 g/mol. The highest BCUT2D eigenvalue weighted by Gasteiger charge is 2.41. The number of nitrogens with zero attached hydrogens (tertiary/aromatic N) is 2. The van der Waals surface area contributed by atoms with E-state index in [1.807, 2.05) is 12.1 Å². The molecule has 6 nitrogen and oxygen atoms in total. The summed E-state index contributed by atoms with van der Waals surface area (Å²) in [5.74, 6) is 0.865. The van der Waals surface area contributed by atoms with Crippen LogP contribution in [-0.2, 0) is 16.0 Å². The minimum atomic E-state index is -0.0979. The Kier molecular flexibility index (Phi) is 5.90. The lowest BCUT2D eigenvalue weighted by Gasteiger charge is -2.49. The van der Waals surface area contributed by atoms with Gasteiger partial charge in [-0.3, -0.25) is 4.79 Å². The number of carbonyl (C=O) groups excluding carboxylic acids is 1. The van der Waals surface area contributed by atoms with E-state index in [4.69, 9.17) is 9.47 Å². The lowest BCUT2D eigenvalue weighted by atomic mass is 9.83. The lowest BCUT2D eigenvalue weighted by molar-refractivity contribution is -0.126. The van der Waals surface area contributed by atoms with Crippen LogP contribution in [0.3, 0.4) is 0 Å². The maximum atomic E-state index is 13.1. The van der Waals surface area contributed by atoms with Crippen LogP contribution >= 0.6 is 0 Å². The van der Waals surface area contributed by atoms with Crippen molar-refractivity contribution in [2.75, 3.05) is 56.8 Å². The van der Waals surface area contributed by atoms with Gasteiger partial charge in [-0.05, 0) is 30.2 Å². The third-order valence-corrected chi connectivity index (χ3v) is 5.99. The van der Waals surface area contributed by atoms with Gasteiger partial charge in [-0.15, -0.1) is 0 Å². The third kappa shape index (κ3) is 4.03. The molecule has 2 atom stereocenters. The smallest absolute Gasteiger partial charge is 0.225 e. The van der Waals surface area contributed by atoms with Crippen LogP contribution in [0.1, 0.15) is 5.56 Å². The Morgan fingerprint density at radius 2 is 1.97 bits per heavy atom. The summed E-state index contributed by atoms with van der Waals surface area (Å²) in [6.07, 6.45) is 0.738. The standard InChI is InChI=1S/C23H29N3O3/c1-28-13-10-24-23(27)20-14-17-8-9-19(29-2)15-21(17)26-12-11-25(16-22(20)26)18-6-4-3-5-7-18/h3-9,15,20,22H,10-14,16H2,1-2H3,(H,24,27)/t20-,22-/m1/s1. The minimum absolute atomic E-state index is 0.0979. The first-order valence-electron chi connectivity index (χ1n) is 10.2. The Morgan fingerprint density at radius 3 is 2.72 bits per heavy atom. The summed E-state index contributed by atoms with van der Waals surface area (Å²) in [5, 5.41) is 3.06. The van der Waals surface area contributed by atoms with Crippen LogP contribution in [0.15, 0.2) is 48.5 Å². The van der Waals surface area contributed by atoms with Gasteiger partial charge in [-0.2, -0.15) is 0 Å². The molecule has 1 amide bonds. The number of benzene rings is 2. The van der Waals surface area contributed by atoms with Crippen molar-refractivity contribution in [1.82, 2.24) is 5.32 Å². The fraction of sp³-hybridized carbons (Fsp3) is 0.435. The van der Waals surface area contributed by atoms with Crippen molar-refractivity contribution in [3.63, 3.8) is 0 Å². The van der Waals surface area contributed by atoms with E-state index in [0.29, 0.717) is 13.2 Å². The van der Waals surface area contributed by atoms with E-state index in [1.54, 1.807) is 14.2 Å². The second-order valence-corrected chi connectivity index (χ2v) is 7.63. The molecule has 2 aliphatic rings. The lowest BCUT2D eigenvalue weighted by Crippen LogP contribution is -2.61. The van der Waals surface area contributed by atoms with Crippen molar-refractivity contribution >= 4 is 17.3 Å². The second kappa shape index (κ2) is 8.74. The second-order valence-electron chi connectivity index (χ2n) is 7.63. The van der Waals surface area contributed by atoms with Gasteiger partial charge in [-0.25, -0.2) is 0 Å². The van der Waals surface area contributed by atoms with Gasteiger partial charge in [-0.1, -0.05) is 24.3 Å². The fourth-order valence-corrected chi connectivity index (χ4v) is 4.49. The number of ether oxygens (including phenoxy) is 2. The molecule has 2 heterocycles. The molecule has 1 fully saturated rings. The Morgan fingerprint density at radius 1 is 1.14 bits per heavy atom. The van der Waals surface area contributed by atoms with Crippen LogP contribution in [0.2, 0.25) is 0 Å². The minimum Gasteiger partial charge on any atom is -0.497 e. The van der Waals surface area contributed by atoms with Crippen molar-refractivity contribution < 1.29 is 14.3 Å². The molecule has 2 aromatic carbocycles. The first kappa shape index (κ1) is 19.6. The van der Waals surface area contributed by atoms with Crippen molar-refractivity contribution in [3.05, 3.63) is 54.1 Å². The number of nitrogens with one attached hydrogen (secondary N) is 1. The Bertz CT molecular complexity index is 843. The zero-order valence-corrected chi connectivity index (χ0v) is 17.1. The SMILES string of the molecule is COCCNC(=O)[C@@H]1Cc2ccc(OC)cc2N2CCN(c3ccccc3)C[C@H]12. The summed E-state index contributed by atoms with van der Waals surface area (Å²) in [6.45, 7) is 3.69. The number of amides is 1. The van der Waals surface area contributed by atoms with Crippen LogP contribution in [0, 0.1) is 5.92 Å². The number of rotatable bonds is 6. The normalized spacial score (nSPS) is 20.6. The molecule has 1 N–H and O–H groups in total. The number of carbonyl (C=O) groups is 1. The van der Waals surface area contributed by atoms with E-state index in [9.17, 15) is 4.79 Å². The number of fused-ring (bicyclic) bond motifs is 3. The van der Waals surface area contributed by atoms with Gasteiger partial charge in [0.05, 0.1) is 25.7 Å². The van der Waals surface area contributed by atoms with Gasteiger partial charge >= 0.3 is 0 Å². The zero-order valence-electron chi connectivity index (χ0n) is 17.1. The monoisotopic (exact) mass is 395 g/mol. The predicted octanol–water partition coefficient (Wildman–Crippen LogP) is 2.33. The van der Waals surface area contributed by atoms with Crippen molar-refractivity contribution in [3.8, 4) is 5.75 Å².